The van der Waals surface area contributed by atoms with Gasteiger partial charge in [0.1, 0.15) is 0 Å². The fourth-order valence-electron chi connectivity index (χ4n) is 0.668. The summed E-state index contributed by atoms with van der Waals surface area (Å²) in [5, 5.41) is 12.4. The number of thioether (sulfide) groups is 1. The Morgan fingerprint density at radius 1 is 1.78 bits per heavy atom. The molecule has 0 unspecified atom stereocenters. The molecule has 0 aromatic rings. The number of hydrogen-bond donors (Lipinski definition) is 3. The lowest BCUT2D eigenvalue weighted by Gasteiger charge is -2.14. The smallest absolute Gasteiger partial charge is 0.0865 e. The lowest BCUT2D eigenvalue weighted by atomic mass is 10.5. The molecule has 0 aromatic heterocycles. The normalized spacial score (nSPS) is 23.4. The van der Waals surface area contributed by atoms with Gasteiger partial charge in [0.2, 0.25) is 0 Å². The van der Waals surface area contributed by atoms with E-state index in [-0.39, 0.29) is 0 Å². The van der Waals surface area contributed by atoms with Gasteiger partial charge in [-0.05, 0) is 6.42 Å². The van der Waals surface area contributed by atoms with E-state index in [1.165, 1.54) is 6.42 Å². The summed E-state index contributed by atoms with van der Waals surface area (Å²) >= 11 is 1.72. The summed E-state index contributed by atoms with van der Waals surface area (Å²) < 4.78 is 0. The van der Waals surface area contributed by atoms with Crippen LogP contribution in [0.3, 0.4) is 0 Å². The molecule has 4 heteroatoms. The molecule has 1 fully saturated rings. The Morgan fingerprint density at radius 2 is 2.67 bits per heavy atom. The monoisotopic (exact) mass is 146 g/mol. The molecular weight excluding hydrogens is 136 g/mol. The lowest BCUT2D eigenvalue weighted by molar-refractivity contribution is 0.213. The van der Waals surface area contributed by atoms with Crippen LogP contribution < -0.4 is 10.8 Å². The second-order valence-electron chi connectivity index (χ2n) is 1.77. The van der Waals surface area contributed by atoms with Gasteiger partial charge in [-0.15, -0.1) is 11.8 Å². The third kappa shape index (κ3) is 2.15. The first kappa shape index (κ1) is 6.77. The molecule has 0 aromatic carbocycles. The summed E-state index contributed by atoms with van der Waals surface area (Å²) in [5.41, 5.74) is 1.99. The summed E-state index contributed by atoms with van der Waals surface area (Å²) in [4.78, 5) is 0. The van der Waals surface area contributed by atoms with Gasteiger partial charge in [0.05, 0.1) is 11.2 Å². The van der Waals surface area contributed by atoms with E-state index in [4.69, 9.17) is 5.21 Å². The maximum Gasteiger partial charge on any atom is 0.0865 e. The summed E-state index contributed by atoms with van der Waals surface area (Å²) in [5.74, 6) is 1.14. The molecule has 0 aliphatic carbocycles. The zero-order chi connectivity index (χ0) is 6.53. The van der Waals surface area contributed by atoms with Gasteiger partial charge in [0.15, 0.2) is 0 Å². The molecular formula is C5H10N2OS. The van der Waals surface area contributed by atoms with Crippen molar-refractivity contribution in [2.45, 2.75) is 6.42 Å². The SMILES string of the molecule is ON/C=C1\NCCCS1. The second-order valence-corrected chi connectivity index (χ2v) is 2.90. The van der Waals surface area contributed by atoms with Gasteiger partial charge in [0, 0.05) is 12.3 Å². The highest BCUT2D eigenvalue weighted by atomic mass is 32.2. The van der Waals surface area contributed by atoms with E-state index in [0.29, 0.717) is 0 Å². The molecule has 0 spiro atoms. The second kappa shape index (κ2) is 3.63. The third-order valence-electron chi connectivity index (χ3n) is 1.07. The Balaban J connectivity index is 2.30. The number of hydrogen-bond acceptors (Lipinski definition) is 4. The van der Waals surface area contributed by atoms with Crippen LogP contribution in [0.2, 0.25) is 0 Å². The summed E-state index contributed by atoms with van der Waals surface area (Å²) in [7, 11) is 0. The minimum absolute atomic E-state index is 1.01. The first-order chi connectivity index (χ1) is 4.43. The first-order valence-corrected chi connectivity index (χ1v) is 3.88. The number of nitrogens with one attached hydrogen (secondary N) is 2. The molecule has 3 nitrogen and oxygen atoms in total. The Morgan fingerprint density at radius 3 is 3.22 bits per heavy atom. The van der Waals surface area contributed by atoms with Gasteiger partial charge in [-0.25, -0.2) is 0 Å². The zero-order valence-corrected chi connectivity index (χ0v) is 5.87. The minimum Gasteiger partial charge on any atom is -0.379 e. The Kier molecular flexibility index (Phi) is 2.73. The molecule has 0 atom stereocenters. The molecule has 52 valence electrons. The van der Waals surface area contributed by atoms with Crippen molar-refractivity contribution in [2.24, 2.45) is 0 Å². The predicted octanol–water partition coefficient (Wildman–Crippen LogP) is 0.491. The van der Waals surface area contributed by atoms with Gasteiger partial charge in [0.25, 0.3) is 0 Å². The van der Waals surface area contributed by atoms with Crippen molar-refractivity contribution >= 4 is 11.8 Å². The highest BCUT2D eigenvalue weighted by Gasteiger charge is 2.02. The maximum absolute atomic E-state index is 8.24. The van der Waals surface area contributed by atoms with Crippen molar-refractivity contribution in [2.75, 3.05) is 12.3 Å². The molecule has 1 heterocycles. The van der Waals surface area contributed by atoms with Crippen LogP contribution in [-0.4, -0.2) is 17.5 Å². The molecule has 9 heavy (non-hydrogen) atoms. The molecule has 0 saturated carbocycles. The van der Waals surface area contributed by atoms with Crippen molar-refractivity contribution < 1.29 is 5.21 Å². The van der Waals surface area contributed by atoms with Gasteiger partial charge in [-0.1, -0.05) is 0 Å². The van der Waals surface area contributed by atoms with Crippen molar-refractivity contribution in [3.05, 3.63) is 11.2 Å². The van der Waals surface area contributed by atoms with Crippen LogP contribution in [0.1, 0.15) is 6.42 Å². The minimum atomic E-state index is 1.01. The quantitative estimate of drug-likeness (QED) is 0.471. The Labute approximate surface area is 58.5 Å². The van der Waals surface area contributed by atoms with Crippen LogP contribution in [-0.2, 0) is 0 Å². The van der Waals surface area contributed by atoms with Crippen LogP contribution in [0.5, 0.6) is 0 Å². The van der Waals surface area contributed by atoms with Crippen LogP contribution in [0.25, 0.3) is 0 Å². The van der Waals surface area contributed by atoms with Crippen LogP contribution in [0, 0.1) is 0 Å². The van der Waals surface area contributed by atoms with Crippen molar-refractivity contribution in [1.29, 1.82) is 0 Å². The van der Waals surface area contributed by atoms with E-state index < -0.39 is 0 Å². The number of hydroxylamine groups is 1. The van der Waals surface area contributed by atoms with E-state index in [1.807, 2.05) is 5.48 Å². The molecule has 3 N–H and O–H groups in total. The van der Waals surface area contributed by atoms with E-state index in [9.17, 15) is 0 Å². The van der Waals surface area contributed by atoms with Gasteiger partial charge >= 0.3 is 0 Å². The summed E-state index contributed by atoms with van der Waals surface area (Å²) in [6.07, 6.45) is 2.76. The molecule has 0 bridgehead atoms. The van der Waals surface area contributed by atoms with E-state index in [2.05, 4.69) is 5.32 Å². The number of rotatable bonds is 1. The van der Waals surface area contributed by atoms with Crippen molar-refractivity contribution in [3.8, 4) is 0 Å². The molecule has 1 rings (SSSR count). The average Bonchev–Trinajstić information content (AvgIpc) is 1.91. The maximum atomic E-state index is 8.24. The predicted molar refractivity (Wildman–Crippen MR) is 38.1 cm³/mol. The summed E-state index contributed by atoms with van der Waals surface area (Å²) in [6.45, 7) is 1.01. The van der Waals surface area contributed by atoms with Gasteiger partial charge in [-0.2, -0.15) is 0 Å². The van der Waals surface area contributed by atoms with Crippen LogP contribution in [0.15, 0.2) is 11.2 Å². The molecule has 1 saturated heterocycles. The largest absolute Gasteiger partial charge is 0.379 e. The highest BCUT2D eigenvalue weighted by molar-refractivity contribution is 8.03. The fraction of sp³-hybridized carbons (Fsp3) is 0.600. The third-order valence-corrected chi connectivity index (χ3v) is 2.14. The fourth-order valence-corrected chi connectivity index (χ4v) is 1.52. The van der Waals surface area contributed by atoms with Crippen LogP contribution >= 0.6 is 11.8 Å². The van der Waals surface area contributed by atoms with Crippen LogP contribution in [0.4, 0.5) is 0 Å². The van der Waals surface area contributed by atoms with Gasteiger partial charge < -0.3 is 5.32 Å². The van der Waals surface area contributed by atoms with E-state index in [0.717, 1.165) is 17.3 Å². The average molecular weight is 146 g/mol. The molecule has 1 aliphatic heterocycles. The first-order valence-electron chi connectivity index (χ1n) is 2.90. The van der Waals surface area contributed by atoms with Crippen molar-refractivity contribution in [1.82, 2.24) is 10.8 Å². The highest BCUT2D eigenvalue weighted by Crippen LogP contribution is 2.16. The molecule has 0 radical (unpaired) electrons. The topological polar surface area (TPSA) is 44.3 Å². The van der Waals surface area contributed by atoms with Gasteiger partial charge in [-0.3, -0.25) is 10.7 Å². The lowest BCUT2D eigenvalue weighted by Crippen LogP contribution is -2.20. The van der Waals surface area contributed by atoms with E-state index in [1.54, 1.807) is 18.0 Å². The zero-order valence-electron chi connectivity index (χ0n) is 5.05. The van der Waals surface area contributed by atoms with E-state index >= 15 is 0 Å². The summed E-state index contributed by atoms with van der Waals surface area (Å²) in [6, 6.07) is 0. The Hall–Kier alpha value is -0.350. The Bertz CT molecular complexity index is 108. The molecule has 1 aliphatic rings. The molecule has 0 amide bonds. The standard InChI is InChI=1S/C5H10N2OS/c8-7-4-5-6-2-1-3-9-5/h4,6-8H,1-3H2/b5-4+. The van der Waals surface area contributed by atoms with Crippen molar-refractivity contribution in [3.63, 3.8) is 0 Å².